The van der Waals surface area contributed by atoms with Gasteiger partial charge in [-0.3, -0.25) is 9.59 Å². The van der Waals surface area contributed by atoms with E-state index in [9.17, 15) is 19.1 Å². The number of halogens is 1. The predicted molar refractivity (Wildman–Crippen MR) is 93.1 cm³/mol. The largest absolute Gasteiger partial charge is 0.505 e. The summed E-state index contributed by atoms with van der Waals surface area (Å²) in [5.41, 5.74) is 1.90. The third kappa shape index (κ3) is 3.47. The van der Waals surface area contributed by atoms with Gasteiger partial charge in [-0.15, -0.1) is 0 Å². The van der Waals surface area contributed by atoms with Crippen molar-refractivity contribution in [2.45, 2.75) is 25.7 Å². The molecule has 0 spiro atoms. The quantitative estimate of drug-likeness (QED) is 0.895. The fourth-order valence-electron chi connectivity index (χ4n) is 3.17. The molecule has 0 aliphatic carbocycles. The van der Waals surface area contributed by atoms with Crippen molar-refractivity contribution in [1.82, 2.24) is 0 Å². The van der Waals surface area contributed by atoms with Crippen LogP contribution >= 0.6 is 0 Å². The van der Waals surface area contributed by atoms with Crippen molar-refractivity contribution in [1.29, 1.82) is 0 Å². The lowest BCUT2D eigenvalue weighted by atomic mass is 9.96. The predicted octanol–water partition coefficient (Wildman–Crippen LogP) is 3.40. The minimum atomic E-state index is -0.843. The minimum absolute atomic E-state index is 0.0266. The summed E-state index contributed by atoms with van der Waals surface area (Å²) in [6.45, 7) is 2.07. The Morgan fingerprint density at radius 3 is 2.76 bits per heavy atom. The summed E-state index contributed by atoms with van der Waals surface area (Å²) in [5, 5.41) is 11.8. The zero-order valence-electron chi connectivity index (χ0n) is 13.8. The fraction of sp³-hybridized carbons (Fsp3) is 0.263. The van der Waals surface area contributed by atoms with Crippen LogP contribution in [0, 0.1) is 5.82 Å². The molecule has 6 heteroatoms. The highest BCUT2D eigenvalue weighted by atomic mass is 19.1. The molecule has 5 nitrogen and oxygen atoms in total. The number of nitrogens with zero attached hydrogens (tertiary/aromatic N) is 1. The Balaban J connectivity index is 1.65. The number of phenolic OH excluding ortho intramolecular Hbond substituents is 1. The first-order valence-electron chi connectivity index (χ1n) is 8.11. The Morgan fingerprint density at radius 1 is 1.24 bits per heavy atom. The number of fused-ring (bicyclic) bond motifs is 1. The molecule has 0 bridgehead atoms. The van der Waals surface area contributed by atoms with E-state index in [1.54, 1.807) is 4.90 Å². The molecule has 0 radical (unpaired) electrons. The number of rotatable bonds is 4. The van der Waals surface area contributed by atoms with Gasteiger partial charge in [0.1, 0.15) is 0 Å². The molecule has 0 fully saturated rings. The standard InChI is InChI=1S/C19H19FN2O3/c1-12(23)22-11-13(14-5-2-3-7-16(14)22)9-10-18(25)21-15-6-4-8-17(24)19(15)20/h2-8,13,24H,9-11H2,1H3,(H,21,25)/t13-/m1/s1. The molecule has 0 unspecified atom stereocenters. The zero-order chi connectivity index (χ0) is 18.0. The highest BCUT2D eigenvalue weighted by Crippen LogP contribution is 2.38. The molecule has 1 atom stereocenters. The number of benzene rings is 2. The Hall–Kier alpha value is -2.89. The van der Waals surface area contributed by atoms with Crippen LogP contribution < -0.4 is 10.2 Å². The summed E-state index contributed by atoms with van der Waals surface area (Å²) in [6.07, 6.45) is 0.743. The number of carbonyl (C=O) groups excluding carboxylic acids is 2. The van der Waals surface area contributed by atoms with E-state index in [1.165, 1.54) is 25.1 Å². The smallest absolute Gasteiger partial charge is 0.224 e. The minimum Gasteiger partial charge on any atom is -0.505 e. The Bertz CT molecular complexity index is 822. The van der Waals surface area contributed by atoms with E-state index in [0.717, 1.165) is 11.3 Å². The number of para-hydroxylation sites is 1. The van der Waals surface area contributed by atoms with Crippen LogP contribution in [-0.4, -0.2) is 23.5 Å². The average molecular weight is 342 g/mol. The molecule has 1 aliphatic heterocycles. The second-order valence-corrected chi connectivity index (χ2v) is 6.11. The van der Waals surface area contributed by atoms with E-state index >= 15 is 0 Å². The summed E-state index contributed by atoms with van der Waals surface area (Å²) >= 11 is 0. The molecule has 0 saturated carbocycles. The molecule has 1 heterocycles. The van der Waals surface area contributed by atoms with Gasteiger partial charge in [0, 0.05) is 31.5 Å². The van der Waals surface area contributed by atoms with E-state index in [-0.39, 0.29) is 29.8 Å². The normalized spacial score (nSPS) is 15.8. The third-order valence-corrected chi connectivity index (χ3v) is 4.42. The molecule has 0 aromatic heterocycles. The van der Waals surface area contributed by atoms with E-state index in [4.69, 9.17) is 0 Å². The van der Waals surface area contributed by atoms with E-state index in [0.29, 0.717) is 13.0 Å². The van der Waals surface area contributed by atoms with Gasteiger partial charge in [-0.2, -0.15) is 0 Å². The molecule has 130 valence electrons. The SMILES string of the molecule is CC(=O)N1C[C@@H](CCC(=O)Nc2cccc(O)c2F)c2ccccc21. The van der Waals surface area contributed by atoms with E-state index < -0.39 is 11.6 Å². The maximum atomic E-state index is 13.7. The van der Waals surface area contributed by atoms with Crippen LogP contribution in [0.15, 0.2) is 42.5 Å². The number of carbonyl (C=O) groups is 2. The monoisotopic (exact) mass is 342 g/mol. The van der Waals surface area contributed by atoms with Gasteiger partial charge in [0.05, 0.1) is 5.69 Å². The van der Waals surface area contributed by atoms with Crippen molar-refractivity contribution in [3.05, 3.63) is 53.8 Å². The number of hydrogen-bond acceptors (Lipinski definition) is 3. The summed E-state index contributed by atoms with van der Waals surface area (Å²) in [7, 11) is 0. The van der Waals surface area contributed by atoms with Crippen molar-refractivity contribution >= 4 is 23.2 Å². The molecule has 25 heavy (non-hydrogen) atoms. The summed E-state index contributed by atoms with van der Waals surface area (Å²) < 4.78 is 13.7. The third-order valence-electron chi connectivity index (χ3n) is 4.42. The van der Waals surface area contributed by atoms with Gasteiger partial charge in [0.2, 0.25) is 11.8 Å². The van der Waals surface area contributed by atoms with Crippen LogP contribution in [0.1, 0.15) is 31.2 Å². The molecule has 2 aromatic carbocycles. The highest BCUT2D eigenvalue weighted by Gasteiger charge is 2.30. The number of amides is 2. The number of hydrogen-bond donors (Lipinski definition) is 2. The van der Waals surface area contributed by atoms with Crippen molar-refractivity contribution in [3.63, 3.8) is 0 Å². The van der Waals surface area contributed by atoms with E-state index in [2.05, 4.69) is 5.32 Å². The van der Waals surface area contributed by atoms with Gasteiger partial charge in [0.25, 0.3) is 0 Å². The second-order valence-electron chi connectivity index (χ2n) is 6.11. The van der Waals surface area contributed by atoms with Gasteiger partial charge in [0.15, 0.2) is 11.6 Å². The average Bonchev–Trinajstić information content (AvgIpc) is 2.96. The van der Waals surface area contributed by atoms with Crippen LogP contribution in [-0.2, 0) is 9.59 Å². The van der Waals surface area contributed by atoms with Crippen molar-refractivity contribution in [3.8, 4) is 5.75 Å². The molecule has 2 N–H and O–H groups in total. The summed E-state index contributed by atoms with van der Waals surface area (Å²) in [5.74, 6) is -1.63. The molecule has 3 rings (SSSR count). The first-order chi connectivity index (χ1) is 12.0. The van der Waals surface area contributed by atoms with Gasteiger partial charge >= 0.3 is 0 Å². The van der Waals surface area contributed by atoms with E-state index in [1.807, 2.05) is 24.3 Å². The molecule has 1 aliphatic rings. The highest BCUT2D eigenvalue weighted by molar-refractivity contribution is 5.94. The van der Waals surface area contributed by atoms with Crippen LogP contribution in [0.5, 0.6) is 5.75 Å². The van der Waals surface area contributed by atoms with Crippen LogP contribution in [0.25, 0.3) is 0 Å². The maximum Gasteiger partial charge on any atom is 0.224 e. The van der Waals surface area contributed by atoms with Crippen molar-refractivity contribution in [2.24, 2.45) is 0 Å². The van der Waals surface area contributed by atoms with Gasteiger partial charge in [-0.1, -0.05) is 24.3 Å². The Kier molecular flexibility index (Phi) is 4.70. The first-order valence-corrected chi connectivity index (χ1v) is 8.11. The Labute approximate surface area is 145 Å². The Morgan fingerprint density at radius 2 is 2.00 bits per heavy atom. The van der Waals surface area contributed by atoms with Crippen molar-refractivity contribution < 1.29 is 19.1 Å². The number of aromatic hydroxyl groups is 1. The van der Waals surface area contributed by atoms with Crippen molar-refractivity contribution in [2.75, 3.05) is 16.8 Å². The van der Waals surface area contributed by atoms with Gasteiger partial charge < -0.3 is 15.3 Å². The molecular formula is C19H19FN2O3. The lowest BCUT2D eigenvalue weighted by Crippen LogP contribution is -2.27. The van der Waals surface area contributed by atoms with Gasteiger partial charge in [-0.25, -0.2) is 4.39 Å². The van der Waals surface area contributed by atoms with Crippen LogP contribution in [0.2, 0.25) is 0 Å². The summed E-state index contributed by atoms with van der Waals surface area (Å²) in [6, 6.07) is 11.7. The maximum absolute atomic E-state index is 13.7. The first kappa shape index (κ1) is 17.0. The number of phenols is 1. The topological polar surface area (TPSA) is 69.6 Å². The molecule has 2 amide bonds. The van der Waals surface area contributed by atoms with Crippen LogP contribution in [0.3, 0.4) is 0 Å². The zero-order valence-corrected chi connectivity index (χ0v) is 13.8. The molecule has 0 saturated heterocycles. The summed E-state index contributed by atoms with van der Waals surface area (Å²) in [4.78, 5) is 25.6. The lowest BCUT2D eigenvalue weighted by Gasteiger charge is -2.15. The molecule has 2 aromatic rings. The van der Waals surface area contributed by atoms with Gasteiger partial charge in [-0.05, 0) is 30.2 Å². The number of nitrogens with one attached hydrogen (secondary N) is 1. The fourth-order valence-corrected chi connectivity index (χ4v) is 3.17. The second kappa shape index (κ2) is 6.93. The van der Waals surface area contributed by atoms with Crippen LogP contribution in [0.4, 0.5) is 15.8 Å². The number of anilines is 2. The molecular weight excluding hydrogens is 323 g/mol. The lowest BCUT2D eigenvalue weighted by molar-refractivity contribution is -0.116.